The number of aromatic nitrogens is 1. The number of nitrogens with zero attached hydrogens (tertiary/aromatic N) is 1. The molecule has 0 aliphatic heterocycles. The number of hydrogen-bond acceptors (Lipinski definition) is 4. The molecule has 15 heavy (non-hydrogen) atoms. The maximum absolute atomic E-state index is 10.4. The van der Waals surface area contributed by atoms with Crippen LogP contribution in [0.3, 0.4) is 0 Å². The first-order valence-electron chi connectivity index (χ1n) is 4.90. The first-order valence-corrected chi connectivity index (χ1v) is 6.77. The number of thiazole rings is 1. The monoisotopic (exact) mass is 245 g/mol. The first kappa shape index (κ1) is 12.5. The largest absolute Gasteiger partial charge is 0.481 e. The van der Waals surface area contributed by atoms with Gasteiger partial charge in [-0.05, 0) is 5.92 Å². The zero-order valence-electron chi connectivity index (χ0n) is 8.90. The van der Waals surface area contributed by atoms with E-state index in [1.54, 1.807) is 11.8 Å². The summed E-state index contributed by atoms with van der Waals surface area (Å²) < 4.78 is 0.978. The lowest BCUT2D eigenvalue weighted by molar-refractivity contribution is -0.136. The van der Waals surface area contributed by atoms with E-state index < -0.39 is 5.97 Å². The summed E-state index contributed by atoms with van der Waals surface area (Å²) in [5.41, 5.74) is 0.666. The summed E-state index contributed by atoms with van der Waals surface area (Å²) in [6.07, 6.45) is 1.20. The number of carboxylic acid groups (broad SMARTS) is 1. The molecular weight excluding hydrogens is 230 g/mol. The van der Waals surface area contributed by atoms with Crippen LogP contribution in [0.2, 0.25) is 0 Å². The maximum Gasteiger partial charge on any atom is 0.309 e. The predicted octanol–water partition coefficient (Wildman–Crippen LogP) is 2.91. The Morgan fingerprint density at radius 2 is 2.47 bits per heavy atom. The van der Waals surface area contributed by atoms with Crippen molar-refractivity contribution >= 4 is 29.1 Å². The number of aliphatic carboxylic acids is 1. The van der Waals surface area contributed by atoms with Crippen molar-refractivity contribution in [2.75, 3.05) is 5.75 Å². The second-order valence-electron chi connectivity index (χ2n) is 3.50. The number of carboxylic acids is 1. The van der Waals surface area contributed by atoms with Crippen molar-refractivity contribution in [1.29, 1.82) is 0 Å². The molecule has 0 spiro atoms. The minimum Gasteiger partial charge on any atom is -0.481 e. The molecular formula is C10H15NO2S2. The topological polar surface area (TPSA) is 50.2 Å². The second-order valence-corrected chi connectivity index (χ2v) is 5.62. The molecule has 0 aromatic carbocycles. The van der Waals surface area contributed by atoms with E-state index in [1.165, 1.54) is 17.8 Å². The number of carbonyl (C=O) groups is 1. The van der Waals surface area contributed by atoms with Crippen molar-refractivity contribution in [1.82, 2.24) is 4.98 Å². The zero-order chi connectivity index (χ0) is 11.3. The van der Waals surface area contributed by atoms with Crippen molar-refractivity contribution in [3.63, 3.8) is 0 Å². The van der Waals surface area contributed by atoms with Crippen LogP contribution in [0.15, 0.2) is 9.72 Å². The standard InChI is InChI=1S/C10H15NO2S2/c1-3-7(2)5-14-10-11-8(6-15-10)4-9(12)13/h6-7H,3-5H2,1-2H3,(H,12,13). The molecule has 84 valence electrons. The van der Waals surface area contributed by atoms with E-state index >= 15 is 0 Å². The van der Waals surface area contributed by atoms with Crippen LogP contribution >= 0.6 is 23.1 Å². The van der Waals surface area contributed by atoms with Gasteiger partial charge >= 0.3 is 5.97 Å². The molecule has 1 unspecified atom stereocenters. The zero-order valence-corrected chi connectivity index (χ0v) is 10.5. The molecule has 3 nitrogen and oxygen atoms in total. The fourth-order valence-electron chi connectivity index (χ4n) is 0.922. The van der Waals surface area contributed by atoms with Crippen LogP contribution in [0.25, 0.3) is 0 Å². The van der Waals surface area contributed by atoms with Gasteiger partial charge in [-0.3, -0.25) is 4.79 Å². The van der Waals surface area contributed by atoms with Gasteiger partial charge in [-0.15, -0.1) is 11.3 Å². The van der Waals surface area contributed by atoms with Gasteiger partial charge in [0, 0.05) is 11.1 Å². The summed E-state index contributed by atoms with van der Waals surface area (Å²) in [6, 6.07) is 0. The fourth-order valence-corrected chi connectivity index (χ4v) is 2.93. The quantitative estimate of drug-likeness (QED) is 0.783. The van der Waals surface area contributed by atoms with Crippen LogP contribution in [0.4, 0.5) is 0 Å². The van der Waals surface area contributed by atoms with Gasteiger partial charge in [0.05, 0.1) is 12.1 Å². The highest BCUT2D eigenvalue weighted by molar-refractivity contribution is 8.01. The Labute approximate surface area is 97.9 Å². The van der Waals surface area contributed by atoms with Gasteiger partial charge in [0.2, 0.25) is 0 Å². The third-order valence-corrected chi connectivity index (χ3v) is 4.45. The smallest absolute Gasteiger partial charge is 0.309 e. The average molecular weight is 245 g/mol. The molecule has 0 aliphatic rings. The Balaban J connectivity index is 2.42. The van der Waals surface area contributed by atoms with Crippen LogP contribution in [-0.2, 0) is 11.2 Å². The molecule has 1 aromatic rings. The molecule has 0 aliphatic carbocycles. The Bertz CT molecular complexity index is 325. The van der Waals surface area contributed by atoms with E-state index in [-0.39, 0.29) is 6.42 Å². The third-order valence-electron chi connectivity index (χ3n) is 2.05. The van der Waals surface area contributed by atoms with Crippen LogP contribution in [0, 0.1) is 5.92 Å². The van der Waals surface area contributed by atoms with E-state index in [0.29, 0.717) is 11.6 Å². The molecule has 1 aromatic heterocycles. The Morgan fingerprint density at radius 3 is 3.07 bits per heavy atom. The van der Waals surface area contributed by atoms with Crippen LogP contribution in [-0.4, -0.2) is 21.8 Å². The van der Waals surface area contributed by atoms with Crippen LogP contribution in [0.1, 0.15) is 26.0 Å². The minimum atomic E-state index is -0.821. The van der Waals surface area contributed by atoms with E-state index in [4.69, 9.17) is 5.11 Å². The summed E-state index contributed by atoms with van der Waals surface area (Å²) in [4.78, 5) is 14.7. The van der Waals surface area contributed by atoms with Crippen molar-refractivity contribution in [2.24, 2.45) is 5.92 Å². The van der Waals surface area contributed by atoms with Crippen LogP contribution < -0.4 is 0 Å². The van der Waals surface area contributed by atoms with Gasteiger partial charge in [-0.2, -0.15) is 0 Å². The van der Waals surface area contributed by atoms with Crippen molar-refractivity contribution in [3.8, 4) is 0 Å². The molecule has 1 heterocycles. The lowest BCUT2D eigenvalue weighted by atomic mass is 10.2. The molecule has 0 amide bonds. The summed E-state index contributed by atoms with van der Waals surface area (Å²) in [6.45, 7) is 4.38. The van der Waals surface area contributed by atoms with E-state index in [0.717, 1.165) is 10.1 Å². The van der Waals surface area contributed by atoms with Gasteiger partial charge < -0.3 is 5.11 Å². The maximum atomic E-state index is 10.4. The van der Waals surface area contributed by atoms with E-state index in [2.05, 4.69) is 18.8 Å². The van der Waals surface area contributed by atoms with Gasteiger partial charge in [-0.1, -0.05) is 32.0 Å². The van der Waals surface area contributed by atoms with Crippen molar-refractivity contribution in [2.45, 2.75) is 31.0 Å². The highest BCUT2D eigenvalue weighted by Gasteiger charge is 2.07. The molecule has 0 bridgehead atoms. The van der Waals surface area contributed by atoms with Crippen molar-refractivity contribution < 1.29 is 9.90 Å². The summed E-state index contributed by atoms with van der Waals surface area (Å²) in [7, 11) is 0. The molecule has 0 saturated carbocycles. The summed E-state index contributed by atoms with van der Waals surface area (Å²) in [5.74, 6) is 0.914. The Kier molecular flexibility index (Phi) is 5.11. The lowest BCUT2D eigenvalue weighted by Crippen LogP contribution is -2.00. The Morgan fingerprint density at radius 1 is 1.73 bits per heavy atom. The Hall–Kier alpha value is -0.550. The van der Waals surface area contributed by atoms with Gasteiger partial charge in [-0.25, -0.2) is 4.98 Å². The third kappa shape index (κ3) is 4.66. The molecule has 1 N–H and O–H groups in total. The molecule has 5 heteroatoms. The van der Waals surface area contributed by atoms with Crippen LogP contribution in [0.5, 0.6) is 0 Å². The summed E-state index contributed by atoms with van der Waals surface area (Å²) in [5, 5.41) is 10.4. The van der Waals surface area contributed by atoms with Crippen molar-refractivity contribution in [3.05, 3.63) is 11.1 Å². The highest BCUT2D eigenvalue weighted by Crippen LogP contribution is 2.25. The predicted molar refractivity (Wildman–Crippen MR) is 63.6 cm³/mol. The van der Waals surface area contributed by atoms with E-state index in [9.17, 15) is 4.79 Å². The highest BCUT2D eigenvalue weighted by atomic mass is 32.2. The average Bonchev–Trinajstić information content (AvgIpc) is 2.61. The lowest BCUT2D eigenvalue weighted by Gasteiger charge is -2.04. The molecule has 0 saturated heterocycles. The molecule has 0 radical (unpaired) electrons. The molecule has 0 fully saturated rings. The van der Waals surface area contributed by atoms with Gasteiger partial charge in [0.25, 0.3) is 0 Å². The SMILES string of the molecule is CCC(C)CSc1nc(CC(=O)O)cs1. The fraction of sp³-hybridized carbons (Fsp3) is 0.600. The van der Waals surface area contributed by atoms with Gasteiger partial charge in [0.1, 0.15) is 4.34 Å². The second kappa shape index (κ2) is 6.12. The van der Waals surface area contributed by atoms with Gasteiger partial charge in [0.15, 0.2) is 0 Å². The minimum absolute atomic E-state index is 0.0282. The number of hydrogen-bond donors (Lipinski definition) is 1. The number of thioether (sulfide) groups is 1. The first-order chi connectivity index (χ1) is 7.11. The van der Waals surface area contributed by atoms with E-state index in [1.807, 2.05) is 5.38 Å². The summed E-state index contributed by atoms with van der Waals surface area (Å²) >= 11 is 3.25. The molecule has 1 atom stereocenters. The number of rotatable bonds is 6. The normalized spacial score (nSPS) is 12.7. The molecule has 1 rings (SSSR count).